The van der Waals surface area contributed by atoms with Crippen LogP contribution in [0.5, 0.6) is 0 Å². The van der Waals surface area contributed by atoms with E-state index in [1.165, 1.54) is 5.56 Å². The lowest BCUT2D eigenvalue weighted by Gasteiger charge is -2.18. The van der Waals surface area contributed by atoms with Gasteiger partial charge < -0.3 is 4.42 Å². The highest BCUT2D eigenvalue weighted by Crippen LogP contribution is 2.28. The molecule has 114 valence electrons. The first-order valence-corrected chi connectivity index (χ1v) is 7.92. The van der Waals surface area contributed by atoms with Crippen LogP contribution in [0.1, 0.15) is 37.8 Å². The van der Waals surface area contributed by atoms with E-state index < -0.39 is 0 Å². The highest BCUT2D eigenvalue weighted by Gasteiger charge is 2.16. The molecule has 1 heterocycles. The zero-order valence-corrected chi connectivity index (χ0v) is 14.3. The molecule has 0 N–H and O–H groups in total. The Hall–Kier alpha value is -1.51. The van der Waals surface area contributed by atoms with Gasteiger partial charge in [0.15, 0.2) is 11.5 Å². The topological polar surface area (TPSA) is 26.0 Å². The van der Waals surface area contributed by atoms with Crippen LogP contribution in [0.15, 0.2) is 40.8 Å². The van der Waals surface area contributed by atoms with E-state index in [2.05, 4.69) is 37.9 Å². The van der Waals surface area contributed by atoms with Crippen molar-refractivity contribution in [2.24, 2.45) is 0 Å². The molecule has 0 unspecified atom stereocenters. The molecule has 3 aromatic rings. The minimum atomic E-state index is 0.0901. The second kappa shape index (κ2) is 5.60. The van der Waals surface area contributed by atoms with Crippen molar-refractivity contribution in [2.45, 2.75) is 32.6 Å². The lowest BCUT2D eigenvalue weighted by atomic mass is 9.87. The largest absolute Gasteiger partial charge is 0.440 e. The number of rotatable bonds is 2. The molecule has 1 aromatic heterocycles. The number of fused-ring (bicyclic) bond motifs is 1. The summed E-state index contributed by atoms with van der Waals surface area (Å²) in [7, 11) is 0. The molecule has 2 nitrogen and oxygen atoms in total. The maximum absolute atomic E-state index is 6.21. The molecule has 4 heteroatoms. The zero-order chi connectivity index (χ0) is 15.9. The van der Waals surface area contributed by atoms with Gasteiger partial charge in [0.1, 0.15) is 5.52 Å². The summed E-state index contributed by atoms with van der Waals surface area (Å²) in [4.78, 5) is 4.59. The van der Waals surface area contributed by atoms with Crippen molar-refractivity contribution in [1.82, 2.24) is 4.98 Å². The van der Waals surface area contributed by atoms with Crippen molar-refractivity contribution >= 4 is 34.3 Å². The Labute approximate surface area is 140 Å². The Bertz CT molecular complexity index is 831. The highest BCUT2D eigenvalue weighted by atomic mass is 35.5. The number of nitrogens with zero attached hydrogens (tertiary/aromatic N) is 1. The first-order chi connectivity index (χ1) is 10.3. The van der Waals surface area contributed by atoms with Crippen molar-refractivity contribution < 1.29 is 4.42 Å². The molecule has 0 aliphatic carbocycles. The van der Waals surface area contributed by atoms with Gasteiger partial charge in [-0.1, -0.05) is 56.1 Å². The molecule has 0 radical (unpaired) electrons. The molecular formula is C18H17Cl2NO. The molecule has 0 aliphatic rings. The zero-order valence-electron chi connectivity index (χ0n) is 12.8. The maximum Gasteiger partial charge on any atom is 0.199 e. The third kappa shape index (κ3) is 3.13. The van der Waals surface area contributed by atoms with Gasteiger partial charge in [-0.3, -0.25) is 0 Å². The average Bonchev–Trinajstić information content (AvgIpc) is 2.82. The molecule has 0 spiro atoms. The van der Waals surface area contributed by atoms with Crippen molar-refractivity contribution in [3.63, 3.8) is 0 Å². The molecule has 3 rings (SSSR count). The van der Waals surface area contributed by atoms with Crippen molar-refractivity contribution in [3.05, 3.63) is 63.5 Å². The summed E-state index contributed by atoms with van der Waals surface area (Å²) in [5.74, 6) is 0.658. The van der Waals surface area contributed by atoms with Gasteiger partial charge in [-0.15, -0.1) is 0 Å². The Kier molecular flexibility index (Phi) is 3.92. The van der Waals surface area contributed by atoms with E-state index in [9.17, 15) is 0 Å². The predicted molar refractivity (Wildman–Crippen MR) is 92.0 cm³/mol. The Morgan fingerprint density at radius 3 is 2.50 bits per heavy atom. The van der Waals surface area contributed by atoms with Crippen molar-refractivity contribution in [2.75, 3.05) is 0 Å². The van der Waals surface area contributed by atoms with E-state index in [1.54, 1.807) is 6.07 Å². The average molecular weight is 334 g/mol. The maximum atomic E-state index is 6.21. The standard InChI is InChI=1S/C18H17Cl2NO/c1-18(2,3)12-5-7-16-15(9-12)21-17(22-16)8-11-4-6-13(19)10-14(11)20/h4-7,9-10H,8H2,1-3H3. The van der Waals surface area contributed by atoms with Crippen LogP contribution in [0.2, 0.25) is 10.0 Å². The van der Waals surface area contributed by atoms with Crippen LogP contribution in [0, 0.1) is 0 Å². The number of hydrogen-bond acceptors (Lipinski definition) is 2. The van der Waals surface area contributed by atoms with Crippen LogP contribution >= 0.6 is 23.2 Å². The van der Waals surface area contributed by atoms with E-state index in [4.69, 9.17) is 27.6 Å². The first-order valence-electron chi connectivity index (χ1n) is 7.17. The normalized spacial score (nSPS) is 12.0. The molecule has 0 aliphatic heterocycles. The van der Waals surface area contributed by atoms with Crippen LogP contribution in [0.4, 0.5) is 0 Å². The van der Waals surface area contributed by atoms with Crippen LogP contribution < -0.4 is 0 Å². The molecule has 0 amide bonds. The molecule has 0 fully saturated rings. The van der Waals surface area contributed by atoms with Crippen LogP contribution in [-0.2, 0) is 11.8 Å². The van der Waals surface area contributed by atoms with Gasteiger partial charge in [0.05, 0.1) is 6.42 Å². The summed E-state index contributed by atoms with van der Waals surface area (Å²) in [6.45, 7) is 6.55. The second-order valence-corrected chi connectivity index (χ2v) is 7.30. The Morgan fingerprint density at radius 2 is 1.82 bits per heavy atom. The number of halogens is 2. The SMILES string of the molecule is CC(C)(C)c1ccc2oc(Cc3ccc(Cl)cc3Cl)nc2c1. The lowest BCUT2D eigenvalue weighted by Crippen LogP contribution is -2.10. The van der Waals surface area contributed by atoms with E-state index in [-0.39, 0.29) is 5.41 Å². The third-order valence-electron chi connectivity index (χ3n) is 3.65. The number of aromatic nitrogens is 1. The predicted octanol–water partition coefficient (Wildman–Crippen LogP) is 6.02. The fraction of sp³-hybridized carbons (Fsp3) is 0.278. The van der Waals surface area contributed by atoms with E-state index in [1.807, 2.05) is 18.2 Å². The molecule has 0 bridgehead atoms. The summed E-state index contributed by atoms with van der Waals surface area (Å²) in [6.07, 6.45) is 0.551. The summed E-state index contributed by atoms with van der Waals surface area (Å²) in [5, 5.41) is 1.26. The van der Waals surface area contributed by atoms with Gasteiger partial charge >= 0.3 is 0 Å². The van der Waals surface area contributed by atoms with Crippen molar-refractivity contribution in [1.29, 1.82) is 0 Å². The Balaban J connectivity index is 1.95. The Morgan fingerprint density at radius 1 is 1.05 bits per heavy atom. The van der Waals surface area contributed by atoms with Crippen LogP contribution in [0.3, 0.4) is 0 Å². The number of hydrogen-bond donors (Lipinski definition) is 0. The first kappa shape index (κ1) is 15.4. The van der Waals surface area contributed by atoms with E-state index in [0.29, 0.717) is 22.4 Å². The summed E-state index contributed by atoms with van der Waals surface area (Å²) in [6, 6.07) is 11.6. The minimum Gasteiger partial charge on any atom is -0.440 e. The monoisotopic (exact) mass is 333 g/mol. The lowest BCUT2D eigenvalue weighted by molar-refractivity contribution is 0.544. The fourth-order valence-electron chi connectivity index (χ4n) is 2.35. The molecule has 2 aromatic carbocycles. The van der Waals surface area contributed by atoms with Crippen molar-refractivity contribution in [3.8, 4) is 0 Å². The molecular weight excluding hydrogens is 317 g/mol. The summed E-state index contributed by atoms with van der Waals surface area (Å²) >= 11 is 12.1. The highest BCUT2D eigenvalue weighted by molar-refractivity contribution is 6.35. The molecule has 0 saturated carbocycles. The molecule has 22 heavy (non-hydrogen) atoms. The van der Waals surface area contributed by atoms with Crippen LogP contribution in [0.25, 0.3) is 11.1 Å². The van der Waals surface area contributed by atoms with Crippen LogP contribution in [-0.4, -0.2) is 4.98 Å². The van der Waals surface area contributed by atoms with Gasteiger partial charge in [-0.2, -0.15) is 0 Å². The van der Waals surface area contributed by atoms with Gasteiger partial charge in [0.2, 0.25) is 0 Å². The van der Waals surface area contributed by atoms with E-state index in [0.717, 1.165) is 16.7 Å². The van der Waals surface area contributed by atoms with Gasteiger partial charge in [0, 0.05) is 10.0 Å². The minimum absolute atomic E-state index is 0.0901. The fourth-order valence-corrected chi connectivity index (χ4v) is 2.82. The van der Waals surface area contributed by atoms with Gasteiger partial charge in [-0.05, 0) is 40.8 Å². The smallest absolute Gasteiger partial charge is 0.199 e. The quantitative estimate of drug-likeness (QED) is 0.572. The van der Waals surface area contributed by atoms with Gasteiger partial charge in [-0.25, -0.2) is 4.98 Å². The number of oxazole rings is 1. The third-order valence-corrected chi connectivity index (χ3v) is 4.24. The summed E-state index contributed by atoms with van der Waals surface area (Å²) in [5.41, 5.74) is 3.96. The molecule has 0 atom stereocenters. The van der Waals surface area contributed by atoms with E-state index >= 15 is 0 Å². The van der Waals surface area contributed by atoms with Gasteiger partial charge in [0.25, 0.3) is 0 Å². The summed E-state index contributed by atoms with van der Waals surface area (Å²) < 4.78 is 5.82. The second-order valence-electron chi connectivity index (χ2n) is 6.45. The number of benzene rings is 2. The molecule has 0 saturated heterocycles.